The molecule has 0 spiro atoms. The summed E-state index contributed by atoms with van der Waals surface area (Å²) < 4.78 is 0. The number of hydrogen-bond acceptors (Lipinski definition) is 5. The van der Waals surface area contributed by atoms with Gasteiger partial charge < -0.3 is 0 Å². The van der Waals surface area contributed by atoms with Crippen molar-refractivity contribution in [3.63, 3.8) is 0 Å². The van der Waals surface area contributed by atoms with Crippen molar-refractivity contribution in [1.29, 1.82) is 0 Å². The standard InChI is InChI=1S/C54H42N4S/c1-35-14-5-9-19-46(35)57(47-20-10-6-15-36(47)2)52-30-25-40(33-55-52)39-24-27-43-45-29-28-42(44-18-13-23-50(54(44)45)59-51(43)32-39)41-26-31-53(56-34-41)58(48-21-11-7-16-37(48)3)49-22-12-8-17-38(49)4/h5-34H,1-4H3. The van der Waals surface area contributed by atoms with E-state index in [1.54, 1.807) is 0 Å². The van der Waals surface area contributed by atoms with E-state index in [-0.39, 0.29) is 0 Å². The predicted molar refractivity (Wildman–Crippen MR) is 248 cm³/mol. The van der Waals surface area contributed by atoms with Gasteiger partial charge in [-0.1, -0.05) is 121 Å². The van der Waals surface area contributed by atoms with Gasteiger partial charge in [-0.15, -0.1) is 0 Å². The molecule has 1 aliphatic rings. The van der Waals surface area contributed by atoms with Gasteiger partial charge in [-0.2, -0.15) is 0 Å². The highest BCUT2D eigenvalue weighted by Gasteiger charge is 2.23. The average molecular weight is 779 g/mol. The maximum absolute atomic E-state index is 5.12. The van der Waals surface area contributed by atoms with Crippen LogP contribution in [0, 0.1) is 27.7 Å². The van der Waals surface area contributed by atoms with Crippen LogP contribution in [0.25, 0.3) is 44.2 Å². The summed E-state index contributed by atoms with van der Waals surface area (Å²) in [6.45, 7) is 8.62. The molecular formula is C54H42N4S. The molecule has 5 heteroatoms. The van der Waals surface area contributed by atoms with Gasteiger partial charge >= 0.3 is 0 Å². The summed E-state index contributed by atoms with van der Waals surface area (Å²) in [6.07, 6.45) is 4.04. The fraction of sp³-hybridized carbons (Fsp3) is 0.0741. The Balaban J connectivity index is 0.978. The molecule has 2 aromatic heterocycles. The van der Waals surface area contributed by atoms with Crippen molar-refractivity contribution in [2.45, 2.75) is 37.5 Å². The molecule has 4 nitrogen and oxygen atoms in total. The highest BCUT2D eigenvalue weighted by Crippen LogP contribution is 2.51. The van der Waals surface area contributed by atoms with Crippen LogP contribution in [-0.4, -0.2) is 9.97 Å². The molecule has 0 aliphatic carbocycles. The third-order valence-corrected chi connectivity index (χ3v) is 12.6. The van der Waals surface area contributed by atoms with Crippen molar-refractivity contribution in [2.24, 2.45) is 0 Å². The number of para-hydroxylation sites is 4. The van der Waals surface area contributed by atoms with Crippen molar-refractivity contribution >= 4 is 56.9 Å². The van der Waals surface area contributed by atoms with E-state index in [0.29, 0.717) is 0 Å². The highest BCUT2D eigenvalue weighted by atomic mass is 32.2. The summed E-state index contributed by atoms with van der Waals surface area (Å²) >= 11 is 1.85. The summed E-state index contributed by atoms with van der Waals surface area (Å²) in [6, 6.07) is 60.8. The second kappa shape index (κ2) is 15.1. The number of hydrogen-bond donors (Lipinski definition) is 0. The number of pyridine rings is 2. The molecule has 7 aromatic carbocycles. The lowest BCUT2D eigenvalue weighted by Gasteiger charge is -2.27. The lowest BCUT2D eigenvalue weighted by atomic mass is 9.91. The molecule has 0 atom stereocenters. The molecule has 9 aromatic rings. The first-order valence-corrected chi connectivity index (χ1v) is 20.9. The van der Waals surface area contributed by atoms with Gasteiger partial charge in [0.05, 0.1) is 22.7 Å². The monoisotopic (exact) mass is 778 g/mol. The summed E-state index contributed by atoms with van der Waals surface area (Å²) in [5, 5.41) is 2.53. The zero-order valence-corrected chi connectivity index (χ0v) is 34.3. The van der Waals surface area contributed by atoms with Crippen molar-refractivity contribution in [2.75, 3.05) is 9.80 Å². The van der Waals surface area contributed by atoms with Crippen LogP contribution in [0.1, 0.15) is 22.3 Å². The van der Waals surface area contributed by atoms with Gasteiger partial charge in [-0.05, 0) is 138 Å². The van der Waals surface area contributed by atoms with E-state index in [1.165, 1.54) is 59.5 Å². The van der Waals surface area contributed by atoms with Crippen LogP contribution in [-0.2, 0) is 0 Å². The molecule has 0 saturated heterocycles. The lowest BCUT2D eigenvalue weighted by molar-refractivity contribution is 1.15. The second-order valence-electron chi connectivity index (χ2n) is 15.3. The Morgan fingerprint density at radius 2 is 0.831 bits per heavy atom. The molecule has 0 bridgehead atoms. The van der Waals surface area contributed by atoms with Crippen molar-refractivity contribution in [3.8, 4) is 33.4 Å². The fourth-order valence-electron chi connectivity index (χ4n) is 8.44. The Labute approximate surface area is 350 Å². The molecule has 0 amide bonds. The Kier molecular flexibility index (Phi) is 9.31. The molecule has 0 fully saturated rings. The van der Waals surface area contributed by atoms with Gasteiger partial charge in [0, 0.05) is 38.7 Å². The first kappa shape index (κ1) is 36.4. The number of fused-ring (bicyclic) bond motifs is 2. The van der Waals surface area contributed by atoms with Crippen LogP contribution < -0.4 is 9.80 Å². The maximum atomic E-state index is 5.12. The minimum absolute atomic E-state index is 0.889. The number of benzene rings is 7. The number of anilines is 6. The van der Waals surface area contributed by atoms with E-state index in [2.05, 4.69) is 207 Å². The Morgan fingerprint density at radius 1 is 0.373 bits per heavy atom. The second-order valence-corrected chi connectivity index (χ2v) is 16.4. The van der Waals surface area contributed by atoms with E-state index in [1.807, 2.05) is 24.2 Å². The largest absolute Gasteiger partial charge is 0.295 e. The van der Waals surface area contributed by atoms with Gasteiger partial charge in [0.15, 0.2) is 0 Å². The molecular weight excluding hydrogens is 737 g/mol. The maximum Gasteiger partial charge on any atom is 0.137 e. The highest BCUT2D eigenvalue weighted by molar-refractivity contribution is 7.99. The Hall–Kier alpha value is -6.95. The number of aryl methyl sites for hydroxylation is 4. The Bertz CT molecular complexity index is 2930. The van der Waals surface area contributed by atoms with Gasteiger partial charge in [0.25, 0.3) is 0 Å². The molecule has 0 saturated carbocycles. The molecule has 0 N–H and O–H groups in total. The van der Waals surface area contributed by atoms with Gasteiger partial charge in [-0.3, -0.25) is 9.80 Å². The molecule has 1 aliphatic heterocycles. The normalized spacial score (nSPS) is 11.7. The van der Waals surface area contributed by atoms with Crippen LogP contribution >= 0.6 is 11.8 Å². The molecule has 10 rings (SSSR count). The van der Waals surface area contributed by atoms with Gasteiger partial charge in [0.1, 0.15) is 11.6 Å². The third kappa shape index (κ3) is 6.54. The lowest BCUT2D eigenvalue weighted by Crippen LogP contribution is -2.13. The van der Waals surface area contributed by atoms with E-state index < -0.39 is 0 Å². The van der Waals surface area contributed by atoms with Crippen LogP contribution in [0.15, 0.2) is 192 Å². The third-order valence-electron chi connectivity index (χ3n) is 11.5. The fourth-order valence-corrected chi connectivity index (χ4v) is 9.62. The molecule has 0 radical (unpaired) electrons. The predicted octanol–water partition coefficient (Wildman–Crippen LogP) is 15.3. The van der Waals surface area contributed by atoms with E-state index in [0.717, 1.165) is 51.1 Å². The molecule has 59 heavy (non-hydrogen) atoms. The summed E-state index contributed by atoms with van der Waals surface area (Å²) in [5.74, 6) is 1.78. The quantitative estimate of drug-likeness (QED) is 0.153. The zero-order chi connectivity index (χ0) is 40.0. The Morgan fingerprint density at radius 3 is 1.32 bits per heavy atom. The number of rotatable bonds is 8. The minimum atomic E-state index is 0.889. The van der Waals surface area contributed by atoms with E-state index in [4.69, 9.17) is 9.97 Å². The van der Waals surface area contributed by atoms with Crippen molar-refractivity contribution in [3.05, 3.63) is 205 Å². The molecule has 284 valence electrons. The molecule has 0 unspecified atom stereocenters. The van der Waals surface area contributed by atoms with E-state index >= 15 is 0 Å². The summed E-state index contributed by atoms with van der Waals surface area (Å²) in [4.78, 5) is 17.2. The summed E-state index contributed by atoms with van der Waals surface area (Å²) in [5.41, 5.74) is 16.3. The SMILES string of the molecule is Cc1ccccc1N(c1ccc(-c2ccc3c(c2)Sc2cccc4c(-c5ccc(N(c6ccccc6C)c6ccccc6C)nc5)ccc-3c24)cn1)c1ccccc1C. The van der Waals surface area contributed by atoms with E-state index in [9.17, 15) is 0 Å². The average Bonchev–Trinajstić information content (AvgIpc) is 3.27. The minimum Gasteiger partial charge on any atom is -0.295 e. The number of aromatic nitrogens is 2. The number of nitrogens with zero attached hydrogens (tertiary/aromatic N) is 4. The van der Waals surface area contributed by atoms with Crippen LogP contribution in [0.4, 0.5) is 34.4 Å². The first-order chi connectivity index (χ1) is 28.9. The van der Waals surface area contributed by atoms with Crippen molar-refractivity contribution in [1.82, 2.24) is 9.97 Å². The zero-order valence-electron chi connectivity index (χ0n) is 33.5. The van der Waals surface area contributed by atoms with Crippen molar-refractivity contribution < 1.29 is 0 Å². The molecule has 3 heterocycles. The van der Waals surface area contributed by atoms with Crippen LogP contribution in [0.2, 0.25) is 0 Å². The summed E-state index contributed by atoms with van der Waals surface area (Å²) in [7, 11) is 0. The smallest absolute Gasteiger partial charge is 0.137 e. The first-order valence-electron chi connectivity index (χ1n) is 20.1. The van der Waals surface area contributed by atoms with Crippen LogP contribution in [0.5, 0.6) is 0 Å². The van der Waals surface area contributed by atoms with Crippen LogP contribution in [0.3, 0.4) is 0 Å². The van der Waals surface area contributed by atoms with Gasteiger partial charge in [0.2, 0.25) is 0 Å². The van der Waals surface area contributed by atoms with Gasteiger partial charge in [-0.25, -0.2) is 9.97 Å². The topological polar surface area (TPSA) is 32.3 Å².